The van der Waals surface area contributed by atoms with Crippen LogP contribution in [0.2, 0.25) is 18.1 Å². The molecule has 31 heavy (non-hydrogen) atoms. The van der Waals surface area contributed by atoms with Crippen molar-refractivity contribution in [2.75, 3.05) is 6.61 Å². The standard InChI is InChI=1S/C24H27F5OSi/c1-24(2,3)31(4,5)30-15-9-12-17(14-13-16-10-7-6-8-11-16)18-19(25)21(27)23(29)22(28)20(18)26/h6-8,10-11,13H,9,12,15H2,1-5H3. The van der Waals surface area contributed by atoms with Gasteiger partial charge in [-0.2, -0.15) is 0 Å². The average Bonchev–Trinajstić information content (AvgIpc) is 2.71. The van der Waals surface area contributed by atoms with Crippen LogP contribution in [0.3, 0.4) is 0 Å². The van der Waals surface area contributed by atoms with Crippen LogP contribution < -0.4 is 0 Å². The molecule has 2 aromatic rings. The van der Waals surface area contributed by atoms with Gasteiger partial charge in [-0.15, -0.1) is 5.73 Å². The highest BCUT2D eigenvalue weighted by Crippen LogP contribution is 2.37. The van der Waals surface area contributed by atoms with Gasteiger partial charge in [-0.25, -0.2) is 22.0 Å². The molecule has 0 bridgehead atoms. The van der Waals surface area contributed by atoms with E-state index >= 15 is 0 Å². The highest BCUT2D eigenvalue weighted by Gasteiger charge is 2.37. The van der Waals surface area contributed by atoms with E-state index in [-0.39, 0.29) is 17.0 Å². The molecule has 0 amide bonds. The molecule has 0 fully saturated rings. The van der Waals surface area contributed by atoms with Crippen LogP contribution in [0.4, 0.5) is 22.0 Å². The van der Waals surface area contributed by atoms with E-state index in [0.29, 0.717) is 18.6 Å². The first-order valence-electron chi connectivity index (χ1n) is 10.0. The maximum Gasteiger partial charge on any atom is 0.200 e. The van der Waals surface area contributed by atoms with Gasteiger partial charge in [0.1, 0.15) is 0 Å². The first-order chi connectivity index (χ1) is 14.4. The molecule has 0 heterocycles. The fraction of sp³-hybridized carbons (Fsp3) is 0.375. The minimum Gasteiger partial charge on any atom is -0.417 e. The molecule has 2 rings (SSSR count). The van der Waals surface area contributed by atoms with Crippen molar-refractivity contribution in [3.63, 3.8) is 0 Å². The summed E-state index contributed by atoms with van der Waals surface area (Å²) in [6, 6.07) is 8.80. The predicted octanol–water partition coefficient (Wildman–Crippen LogP) is 7.88. The Bertz CT molecular complexity index is 958. The first-order valence-corrected chi connectivity index (χ1v) is 12.9. The normalized spacial score (nSPS) is 11.9. The second kappa shape index (κ2) is 9.94. The minimum atomic E-state index is -2.17. The Morgan fingerprint density at radius 1 is 0.903 bits per heavy atom. The largest absolute Gasteiger partial charge is 0.417 e. The zero-order chi connectivity index (χ0) is 23.4. The van der Waals surface area contributed by atoms with Gasteiger partial charge in [-0.3, -0.25) is 0 Å². The van der Waals surface area contributed by atoms with Gasteiger partial charge in [-0.05, 0) is 42.6 Å². The summed E-state index contributed by atoms with van der Waals surface area (Å²) in [5.74, 6) is -9.82. The molecular weight excluding hydrogens is 427 g/mol. The quantitative estimate of drug-likeness (QED) is 0.103. The van der Waals surface area contributed by atoms with Crippen LogP contribution in [0.25, 0.3) is 11.6 Å². The topological polar surface area (TPSA) is 9.23 Å². The van der Waals surface area contributed by atoms with Crippen LogP contribution in [0.5, 0.6) is 0 Å². The number of hydrogen-bond acceptors (Lipinski definition) is 1. The van der Waals surface area contributed by atoms with Gasteiger partial charge in [0.25, 0.3) is 0 Å². The van der Waals surface area contributed by atoms with Gasteiger partial charge in [-0.1, -0.05) is 51.1 Å². The van der Waals surface area contributed by atoms with Crippen LogP contribution in [0.15, 0.2) is 36.1 Å². The second-order valence-corrected chi connectivity index (χ2v) is 13.6. The molecule has 1 nitrogen and oxygen atoms in total. The molecule has 168 valence electrons. The van der Waals surface area contributed by atoms with E-state index in [1.165, 1.54) is 6.08 Å². The number of rotatable bonds is 7. The Hall–Kier alpha value is -2.21. The molecule has 0 radical (unpaired) electrons. The van der Waals surface area contributed by atoms with Crippen molar-refractivity contribution in [2.45, 2.75) is 51.7 Å². The highest BCUT2D eigenvalue weighted by atomic mass is 28.4. The van der Waals surface area contributed by atoms with E-state index in [1.54, 1.807) is 30.3 Å². The van der Waals surface area contributed by atoms with E-state index in [0.717, 1.165) is 0 Å². The lowest BCUT2D eigenvalue weighted by Gasteiger charge is -2.36. The Kier molecular flexibility index (Phi) is 8.03. The molecule has 0 saturated heterocycles. The summed E-state index contributed by atoms with van der Waals surface area (Å²) in [6.45, 7) is 10.7. The lowest BCUT2D eigenvalue weighted by Crippen LogP contribution is -2.40. The molecule has 0 unspecified atom stereocenters. The fourth-order valence-electron chi connectivity index (χ4n) is 2.65. The zero-order valence-corrected chi connectivity index (χ0v) is 19.4. The highest BCUT2D eigenvalue weighted by molar-refractivity contribution is 6.74. The van der Waals surface area contributed by atoms with Crippen molar-refractivity contribution < 1.29 is 26.4 Å². The van der Waals surface area contributed by atoms with Gasteiger partial charge >= 0.3 is 0 Å². The third-order valence-electron chi connectivity index (χ3n) is 5.56. The van der Waals surface area contributed by atoms with E-state index in [1.807, 2.05) is 0 Å². The Balaban J connectivity index is 2.40. The zero-order valence-electron chi connectivity index (χ0n) is 18.4. The fourth-order valence-corrected chi connectivity index (χ4v) is 3.74. The molecule has 0 aromatic heterocycles. The van der Waals surface area contributed by atoms with E-state index in [4.69, 9.17) is 4.43 Å². The number of halogens is 5. The molecule has 0 aliphatic carbocycles. The first kappa shape index (κ1) is 25.1. The third kappa shape index (κ3) is 5.94. The number of hydrogen-bond donors (Lipinski definition) is 0. The smallest absolute Gasteiger partial charge is 0.200 e. The Morgan fingerprint density at radius 2 is 1.42 bits per heavy atom. The molecular formula is C24H27F5OSi. The van der Waals surface area contributed by atoms with E-state index in [9.17, 15) is 22.0 Å². The van der Waals surface area contributed by atoms with Crippen LogP contribution >= 0.6 is 0 Å². The average molecular weight is 455 g/mol. The number of benzene rings is 2. The molecule has 0 aliphatic rings. The Morgan fingerprint density at radius 3 is 1.94 bits per heavy atom. The van der Waals surface area contributed by atoms with E-state index in [2.05, 4.69) is 39.6 Å². The molecule has 0 aliphatic heterocycles. The molecule has 0 atom stereocenters. The Labute approximate surface area is 181 Å². The van der Waals surface area contributed by atoms with Gasteiger partial charge < -0.3 is 4.43 Å². The lowest BCUT2D eigenvalue weighted by atomic mass is 9.99. The summed E-state index contributed by atoms with van der Waals surface area (Å²) in [5, 5.41) is -0.0136. The second-order valence-electron chi connectivity index (χ2n) is 8.84. The monoisotopic (exact) mass is 454 g/mol. The maximum absolute atomic E-state index is 14.4. The third-order valence-corrected chi connectivity index (χ3v) is 10.1. The summed E-state index contributed by atoms with van der Waals surface area (Å²) >= 11 is 0. The van der Waals surface area contributed by atoms with Gasteiger partial charge in [0, 0.05) is 12.2 Å². The van der Waals surface area contributed by atoms with Crippen molar-refractivity contribution in [3.8, 4) is 0 Å². The van der Waals surface area contributed by atoms with Crippen molar-refractivity contribution in [1.82, 2.24) is 0 Å². The summed E-state index contributed by atoms with van der Waals surface area (Å²) < 4.78 is 75.9. The maximum atomic E-state index is 14.4. The minimum absolute atomic E-state index is 0.0136. The van der Waals surface area contributed by atoms with Crippen LogP contribution in [0, 0.1) is 29.1 Å². The SMILES string of the molecule is CC(C)(C)[Si](C)(C)OCCCC(=C=Cc1ccccc1)c1c(F)c(F)c(F)c(F)c1F. The molecule has 0 N–H and O–H groups in total. The van der Waals surface area contributed by atoms with Crippen LogP contribution in [-0.4, -0.2) is 14.9 Å². The molecule has 7 heteroatoms. The van der Waals surface area contributed by atoms with Crippen molar-refractivity contribution in [1.29, 1.82) is 0 Å². The number of allylic oxidation sites excluding steroid dienone is 1. The summed E-state index contributed by atoms with van der Waals surface area (Å²) in [7, 11) is -2.03. The predicted molar refractivity (Wildman–Crippen MR) is 116 cm³/mol. The van der Waals surface area contributed by atoms with Gasteiger partial charge in [0.05, 0.1) is 5.56 Å². The lowest BCUT2D eigenvalue weighted by molar-refractivity contribution is 0.284. The van der Waals surface area contributed by atoms with Crippen molar-refractivity contribution >= 4 is 20.0 Å². The van der Waals surface area contributed by atoms with Crippen LogP contribution in [-0.2, 0) is 4.43 Å². The summed E-state index contributed by atoms with van der Waals surface area (Å²) in [5.41, 5.74) is 2.38. The summed E-state index contributed by atoms with van der Waals surface area (Å²) in [4.78, 5) is 0. The molecule has 0 spiro atoms. The van der Waals surface area contributed by atoms with Gasteiger partial charge in [0.15, 0.2) is 31.6 Å². The van der Waals surface area contributed by atoms with Gasteiger partial charge in [0.2, 0.25) is 5.82 Å². The van der Waals surface area contributed by atoms with E-state index < -0.39 is 43.0 Å². The van der Waals surface area contributed by atoms with Crippen molar-refractivity contribution in [2.24, 2.45) is 0 Å². The van der Waals surface area contributed by atoms with Crippen LogP contribution in [0.1, 0.15) is 44.7 Å². The van der Waals surface area contributed by atoms with Crippen molar-refractivity contribution in [3.05, 3.63) is 76.3 Å². The molecule has 2 aromatic carbocycles. The summed E-state index contributed by atoms with van der Waals surface area (Å²) in [6.07, 6.45) is 1.84. The molecule has 0 saturated carbocycles.